The number of benzene rings is 2. The Morgan fingerprint density at radius 3 is 2.55 bits per heavy atom. The highest BCUT2D eigenvalue weighted by Crippen LogP contribution is 2.27. The molecule has 2 aromatic carbocycles. The molecule has 0 amide bonds. The first-order chi connectivity index (χ1) is 9.31. The van der Waals surface area contributed by atoms with E-state index in [2.05, 4.69) is 15.9 Å². The molecule has 2 N–H and O–H groups in total. The molecule has 0 spiro atoms. The molecule has 0 aliphatic heterocycles. The van der Waals surface area contributed by atoms with Crippen LogP contribution < -0.4 is 5.73 Å². The van der Waals surface area contributed by atoms with Crippen LogP contribution in [0.1, 0.15) is 5.56 Å². The second-order valence-corrected chi connectivity index (χ2v) is 6.91. The number of anilines is 1. The lowest BCUT2D eigenvalue weighted by atomic mass is 10.2. The molecule has 0 aliphatic carbocycles. The Kier molecular flexibility index (Phi) is 4.10. The van der Waals surface area contributed by atoms with Gasteiger partial charge in [0.2, 0.25) is 0 Å². The van der Waals surface area contributed by atoms with Crippen LogP contribution in [-0.2, 0) is 15.6 Å². The van der Waals surface area contributed by atoms with Crippen molar-refractivity contribution in [3.05, 3.63) is 58.1 Å². The fourth-order valence-corrected chi connectivity index (χ4v) is 3.83. The van der Waals surface area contributed by atoms with E-state index in [0.717, 1.165) is 12.1 Å². The summed E-state index contributed by atoms with van der Waals surface area (Å²) < 4.78 is 51.1. The molecule has 2 rings (SSSR count). The summed E-state index contributed by atoms with van der Waals surface area (Å²) in [6.07, 6.45) is 0. The standard InChI is InChI=1S/C13H10BrF2NO2S/c14-13-8(2-1-3-10(13)16)7-20(18,19)12-6-9(15)4-5-11(12)17/h1-6H,7,17H2. The second kappa shape index (κ2) is 5.49. The van der Waals surface area contributed by atoms with Crippen molar-refractivity contribution in [3.63, 3.8) is 0 Å². The third-order valence-electron chi connectivity index (χ3n) is 2.69. The van der Waals surface area contributed by atoms with Gasteiger partial charge in [0.25, 0.3) is 0 Å². The lowest BCUT2D eigenvalue weighted by Gasteiger charge is -2.09. The Labute approximate surface area is 123 Å². The normalized spacial score (nSPS) is 11.6. The lowest BCUT2D eigenvalue weighted by Crippen LogP contribution is -2.09. The minimum Gasteiger partial charge on any atom is -0.398 e. The van der Waals surface area contributed by atoms with Crippen LogP contribution in [0.5, 0.6) is 0 Å². The van der Waals surface area contributed by atoms with Crippen LogP contribution >= 0.6 is 15.9 Å². The average molecular weight is 362 g/mol. The van der Waals surface area contributed by atoms with Gasteiger partial charge >= 0.3 is 0 Å². The molecule has 2 aromatic rings. The molecule has 0 atom stereocenters. The molecule has 0 aromatic heterocycles. The zero-order chi connectivity index (χ0) is 14.9. The van der Waals surface area contributed by atoms with E-state index in [9.17, 15) is 17.2 Å². The number of hydrogen-bond donors (Lipinski definition) is 1. The van der Waals surface area contributed by atoms with Gasteiger partial charge in [0.05, 0.1) is 20.8 Å². The molecule has 0 fully saturated rings. The van der Waals surface area contributed by atoms with Gasteiger partial charge in [0.1, 0.15) is 11.6 Å². The predicted octanol–water partition coefficient (Wildman–Crippen LogP) is 3.28. The van der Waals surface area contributed by atoms with E-state index < -0.39 is 27.2 Å². The highest BCUT2D eigenvalue weighted by Gasteiger charge is 2.21. The van der Waals surface area contributed by atoms with Crippen molar-refractivity contribution in [2.75, 3.05) is 5.73 Å². The van der Waals surface area contributed by atoms with E-state index in [1.807, 2.05) is 0 Å². The molecule has 7 heteroatoms. The van der Waals surface area contributed by atoms with Crippen LogP contribution in [0.25, 0.3) is 0 Å². The first-order valence-electron chi connectivity index (χ1n) is 5.52. The molecule has 0 saturated heterocycles. The Balaban J connectivity index is 2.46. The van der Waals surface area contributed by atoms with Gasteiger partial charge in [0, 0.05) is 0 Å². The summed E-state index contributed by atoms with van der Waals surface area (Å²) >= 11 is 2.99. The van der Waals surface area contributed by atoms with Gasteiger partial charge in [-0.15, -0.1) is 0 Å². The van der Waals surface area contributed by atoms with Crippen molar-refractivity contribution >= 4 is 31.5 Å². The average Bonchev–Trinajstić information content (AvgIpc) is 2.37. The minimum atomic E-state index is -3.87. The first kappa shape index (κ1) is 14.9. The maximum atomic E-state index is 13.4. The number of hydrogen-bond acceptors (Lipinski definition) is 3. The smallest absolute Gasteiger partial charge is 0.184 e. The summed E-state index contributed by atoms with van der Waals surface area (Å²) in [5.41, 5.74) is 5.77. The summed E-state index contributed by atoms with van der Waals surface area (Å²) in [5, 5.41) is 0. The summed E-state index contributed by atoms with van der Waals surface area (Å²) in [4.78, 5) is -0.298. The Hall–Kier alpha value is -1.47. The zero-order valence-corrected chi connectivity index (χ0v) is 12.5. The number of nitrogens with two attached hydrogens (primary N) is 1. The summed E-state index contributed by atoms with van der Waals surface area (Å²) in [7, 11) is -3.87. The molecule has 0 unspecified atom stereocenters. The maximum Gasteiger partial charge on any atom is 0.184 e. The first-order valence-corrected chi connectivity index (χ1v) is 7.96. The minimum absolute atomic E-state index is 0.0427. The van der Waals surface area contributed by atoms with E-state index in [1.54, 1.807) is 0 Å². The Morgan fingerprint density at radius 2 is 1.85 bits per heavy atom. The Bertz CT molecular complexity index is 763. The topological polar surface area (TPSA) is 60.2 Å². The Morgan fingerprint density at radius 1 is 1.15 bits per heavy atom. The fourth-order valence-electron chi connectivity index (χ4n) is 1.72. The van der Waals surface area contributed by atoms with Crippen molar-refractivity contribution in [2.24, 2.45) is 0 Å². The van der Waals surface area contributed by atoms with Crippen LogP contribution in [-0.4, -0.2) is 8.42 Å². The highest BCUT2D eigenvalue weighted by atomic mass is 79.9. The molecular weight excluding hydrogens is 352 g/mol. The van der Waals surface area contributed by atoms with Gasteiger partial charge in [-0.3, -0.25) is 0 Å². The molecule has 0 radical (unpaired) electrons. The lowest BCUT2D eigenvalue weighted by molar-refractivity contribution is 0.589. The molecule has 106 valence electrons. The van der Waals surface area contributed by atoms with E-state index in [4.69, 9.17) is 5.73 Å². The number of rotatable bonds is 3. The van der Waals surface area contributed by atoms with E-state index in [1.165, 1.54) is 24.3 Å². The van der Waals surface area contributed by atoms with Crippen molar-refractivity contribution in [1.82, 2.24) is 0 Å². The van der Waals surface area contributed by atoms with Crippen LogP contribution in [0.3, 0.4) is 0 Å². The molecule has 20 heavy (non-hydrogen) atoms. The number of sulfone groups is 1. The quantitative estimate of drug-likeness (QED) is 0.853. The summed E-state index contributed by atoms with van der Waals surface area (Å²) in [5.74, 6) is -1.74. The van der Waals surface area contributed by atoms with E-state index in [-0.39, 0.29) is 20.6 Å². The molecule has 0 bridgehead atoms. The van der Waals surface area contributed by atoms with Gasteiger partial charge in [-0.2, -0.15) is 0 Å². The van der Waals surface area contributed by atoms with Gasteiger partial charge in [-0.05, 0) is 45.8 Å². The van der Waals surface area contributed by atoms with Crippen LogP contribution in [0.2, 0.25) is 0 Å². The number of halogens is 3. The monoisotopic (exact) mass is 361 g/mol. The molecular formula is C13H10BrF2NO2S. The molecule has 3 nitrogen and oxygen atoms in total. The highest BCUT2D eigenvalue weighted by molar-refractivity contribution is 9.10. The molecule has 0 heterocycles. The summed E-state index contributed by atoms with van der Waals surface area (Å²) in [6.45, 7) is 0. The van der Waals surface area contributed by atoms with Gasteiger partial charge in [-0.1, -0.05) is 12.1 Å². The maximum absolute atomic E-state index is 13.4. The van der Waals surface area contributed by atoms with E-state index in [0.29, 0.717) is 0 Å². The number of nitrogen functional groups attached to an aromatic ring is 1. The van der Waals surface area contributed by atoms with Gasteiger partial charge in [-0.25, -0.2) is 17.2 Å². The van der Waals surface area contributed by atoms with Crippen LogP contribution in [0.4, 0.5) is 14.5 Å². The predicted molar refractivity (Wildman–Crippen MR) is 75.8 cm³/mol. The van der Waals surface area contributed by atoms with Crippen molar-refractivity contribution in [1.29, 1.82) is 0 Å². The zero-order valence-electron chi connectivity index (χ0n) is 10.1. The molecule has 0 saturated carbocycles. The molecule has 0 aliphatic rings. The van der Waals surface area contributed by atoms with Crippen molar-refractivity contribution in [3.8, 4) is 0 Å². The van der Waals surface area contributed by atoms with Gasteiger partial charge in [0.15, 0.2) is 9.84 Å². The largest absolute Gasteiger partial charge is 0.398 e. The summed E-state index contributed by atoms with van der Waals surface area (Å²) in [6, 6.07) is 7.20. The van der Waals surface area contributed by atoms with E-state index >= 15 is 0 Å². The third kappa shape index (κ3) is 2.99. The SMILES string of the molecule is Nc1ccc(F)cc1S(=O)(=O)Cc1cccc(F)c1Br. The second-order valence-electron chi connectivity index (χ2n) is 4.15. The van der Waals surface area contributed by atoms with Gasteiger partial charge < -0.3 is 5.73 Å². The third-order valence-corrected chi connectivity index (χ3v) is 5.29. The van der Waals surface area contributed by atoms with Crippen LogP contribution in [0, 0.1) is 11.6 Å². The fraction of sp³-hybridized carbons (Fsp3) is 0.0769. The van der Waals surface area contributed by atoms with Crippen LogP contribution in [0.15, 0.2) is 45.8 Å². The van der Waals surface area contributed by atoms with Crippen molar-refractivity contribution in [2.45, 2.75) is 10.6 Å². The van der Waals surface area contributed by atoms with Crippen molar-refractivity contribution < 1.29 is 17.2 Å².